The monoisotopic (exact) mass is 365 g/mol. The first-order valence-electron chi connectivity index (χ1n) is 6.77. The smallest absolute Gasteiger partial charge is 0.251 e. The molecule has 1 unspecified atom stereocenters. The molecular formula is C17H17BrClNO. The normalized spacial score (nSPS) is 12.0. The highest BCUT2D eigenvalue weighted by atomic mass is 79.9. The molecule has 0 bridgehead atoms. The zero-order chi connectivity index (χ0) is 15.4. The number of aryl methyl sites for hydroxylation is 1. The van der Waals surface area contributed by atoms with Crippen LogP contribution >= 0.6 is 27.5 Å². The summed E-state index contributed by atoms with van der Waals surface area (Å²) in [5.74, 6) is -0.0554. The van der Waals surface area contributed by atoms with Gasteiger partial charge in [-0.3, -0.25) is 4.79 Å². The van der Waals surface area contributed by atoms with Crippen LogP contribution in [0.25, 0.3) is 0 Å². The van der Waals surface area contributed by atoms with E-state index in [0.29, 0.717) is 5.56 Å². The Labute approximate surface area is 138 Å². The lowest BCUT2D eigenvalue weighted by Crippen LogP contribution is -2.34. The van der Waals surface area contributed by atoms with Crippen LogP contribution in [0.4, 0.5) is 0 Å². The standard InChI is InChI=1S/C17H17BrClNO/c1-11-8-14(6-7-16(11)18)17(21)20-12(2)9-13-4-3-5-15(19)10-13/h3-8,10,12H,9H2,1-2H3,(H,20,21). The van der Waals surface area contributed by atoms with Gasteiger partial charge in [-0.25, -0.2) is 0 Å². The molecule has 2 aromatic rings. The van der Waals surface area contributed by atoms with Crippen LogP contribution in [0.5, 0.6) is 0 Å². The van der Waals surface area contributed by atoms with Gasteiger partial charge in [-0.15, -0.1) is 0 Å². The Kier molecular flexibility index (Phi) is 5.43. The molecule has 4 heteroatoms. The number of hydrogen-bond acceptors (Lipinski definition) is 1. The molecule has 0 radical (unpaired) electrons. The number of hydrogen-bond donors (Lipinski definition) is 1. The van der Waals surface area contributed by atoms with Gasteiger partial charge in [0.25, 0.3) is 5.91 Å². The van der Waals surface area contributed by atoms with Crippen molar-refractivity contribution in [2.45, 2.75) is 26.3 Å². The largest absolute Gasteiger partial charge is 0.349 e. The van der Waals surface area contributed by atoms with Crippen LogP contribution < -0.4 is 5.32 Å². The van der Waals surface area contributed by atoms with Gasteiger partial charge in [0.15, 0.2) is 0 Å². The molecule has 0 heterocycles. The fourth-order valence-electron chi connectivity index (χ4n) is 2.16. The van der Waals surface area contributed by atoms with Gasteiger partial charge in [0, 0.05) is 21.1 Å². The molecule has 0 saturated heterocycles. The van der Waals surface area contributed by atoms with Crippen molar-refractivity contribution < 1.29 is 4.79 Å². The van der Waals surface area contributed by atoms with Crippen molar-refractivity contribution in [3.05, 3.63) is 68.7 Å². The van der Waals surface area contributed by atoms with E-state index >= 15 is 0 Å². The van der Waals surface area contributed by atoms with Crippen molar-refractivity contribution in [3.63, 3.8) is 0 Å². The van der Waals surface area contributed by atoms with Crippen molar-refractivity contribution in [3.8, 4) is 0 Å². The number of nitrogens with one attached hydrogen (secondary N) is 1. The van der Waals surface area contributed by atoms with Gasteiger partial charge >= 0.3 is 0 Å². The molecule has 2 nitrogen and oxygen atoms in total. The lowest BCUT2D eigenvalue weighted by Gasteiger charge is -2.14. The van der Waals surface area contributed by atoms with Crippen LogP contribution in [0.1, 0.15) is 28.4 Å². The third-order valence-corrected chi connectivity index (χ3v) is 4.35. The molecule has 0 aliphatic carbocycles. The fraction of sp³-hybridized carbons (Fsp3) is 0.235. The summed E-state index contributed by atoms with van der Waals surface area (Å²) < 4.78 is 1.01. The molecule has 2 rings (SSSR count). The predicted octanol–water partition coefficient (Wildman–Crippen LogP) is 4.77. The first-order chi connectivity index (χ1) is 9.95. The molecule has 0 aromatic heterocycles. The van der Waals surface area contributed by atoms with Crippen molar-refractivity contribution in [1.29, 1.82) is 0 Å². The SMILES string of the molecule is Cc1cc(C(=O)NC(C)Cc2cccc(Cl)c2)ccc1Br. The van der Waals surface area contributed by atoms with E-state index in [-0.39, 0.29) is 11.9 Å². The summed E-state index contributed by atoms with van der Waals surface area (Å²) in [6.07, 6.45) is 0.752. The van der Waals surface area contributed by atoms with Crippen LogP contribution in [0.2, 0.25) is 5.02 Å². The van der Waals surface area contributed by atoms with Crippen molar-refractivity contribution in [1.82, 2.24) is 5.32 Å². The zero-order valence-electron chi connectivity index (χ0n) is 12.0. The summed E-state index contributed by atoms with van der Waals surface area (Å²) in [6, 6.07) is 13.3. The second kappa shape index (κ2) is 7.10. The van der Waals surface area contributed by atoms with Crippen LogP contribution in [0.15, 0.2) is 46.9 Å². The van der Waals surface area contributed by atoms with Gasteiger partial charge in [0.05, 0.1) is 0 Å². The maximum atomic E-state index is 12.2. The van der Waals surface area contributed by atoms with Gasteiger partial charge in [0.1, 0.15) is 0 Å². The molecule has 21 heavy (non-hydrogen) atoms. The number of amides is 1. The summed E-state index contributed by atoms with van der Waals surface area (Å²) >= 11 is 9.41. The maximum Gasteiger partial charge on any atom is 0.251 e. The Morgan fingerprint density at radius 2 is 2.05 bits per heavy atom. The third kappa shape index (κ3) is 4.58. The zero-order valence-corrected chi connectivity index (χ0v) is 14.3. The number of carbonyl (C=O) groups is 1. The van der Waals surface area contributed by atoms with Crippen LogP contribution in [0.3, 0.4) is 0 Å². The maximum absolute atomic E-state index is 12.2. The van der Waals surface area contributed by atoms with E-state index in [4.69, 9.17) is 11.6 Å². The van der Waals surface area contributed by atoms with Gasteiger partial charge in [0.2, 0.25) is 0 Å². The first-order valence-corrected chi connectivity index (χ1v) is 7.94. The van der Waals surface area contributed by atoms with Crippen molar-refractivity contribution in [2.75, 3.05) is 0 Å². The van der Waals surface area contributed by atoms with E-state index in [0.717, 1.165) is 27.0 Å². The van der Waals surface area contributed by atoms with E-state index in [1.807, 2.05) is 56.3 Å². The Hall–Kier alpha value is -1.32. The summed E-state index contributed by atoms with van der Waals surface area (Å²) in [5, 5.41) is 3.73. The molecule has 1 N–H and O–H groups in total. The fourth-order valence-corrected chi connectivity index (χ4v) is 2.62. The van der Waals surface area contributed by atoms with Gasteiger partial charge in [-0.1, -0.05) is 39.7 Å². The lowest BCUT2D eigenvalue weighted by molar-refractivity contribution is 0.0940. The molecule has 0 aliphatic heterocycles. The number of carbonyl (C=O) groups excluding carboxylic acids is 1. The number of halogens is 2. The summed E-state index contributed by atoms with van der Waals surface area (Å²) in [5.41, 5.74) is 2.83. The van der Waals surface area contributed by atoms with E-state index < -0.39 is 0 Å². The van der Waals surface area contributed by atoms with Crippen LogP contribution in [0, 0.1) is 6.92 Å². The molecule has 0 saturated carbocycles. The Bertz CT molecular complexity index is 657. The van der Waals surface area contributed by atoms with Crippen molar-refractivity contribution in [2.24, 2.45) is 0 Å². The highest BCUT2D eigenvalue weighted by molar-refractivity contribution is 9.10. The molecule has 0 spiro atoms. The quantitative estimate of drug-likeness (QED) is 0.829. The predicted molar refractivity (Wildman–Crippen MR) is 91.0 cm³/mol. The topological polar surface area (TPSA) is 29.1 Å². The van der Waals surface area contributed by atoms with Gasteiger partial charge in [-0.05, 0) is 61.7 Å². The van der Waals surface area contributed by atoms with Crippen LogP contribution in [-0.2, 0) is 6.42 Å². The van der Waals surface area contributed by atoms with Crippen molar-refractivity contribution >= 4 is 33.4 Å². The Morgan fingerprint density at radius 1 is 1.29 bits per heavy atom. The van der Waals surface area contributed by atoms with E-state index in [9.17, 15) is 4.79 Å². The highest BCUT2D eigenvalue weighted by Gasteiger charge is 2.11. The van der Waals surface area contributed by atoms with Gasteiger partial charge in [-0.2, -0.15) is 0 Å². The van der Waals surface area contributed by atoms with Gasteiger partial charge < -0.3 is 5.32 Å². The summed E-state index contributed by atoms with van der Waals surface area (Å²) in [7, 11) is 0. The lowest BCUT2D eigenvalue weighted by atomic mass is 10.1. The second-order valence-corrected chi connectivity index (χ2v) is 6.46. The second-order valence-electron chi connectivity index (χ2n) is 5.17. The molecule has 0 aliphatic rings. The van der Waals surface area contributed by atoms with E-state index in [1.165, 1.54) is 0 Å². The molecule has 0 fully saturated rings. The molecule has 2 aromatic carbocycles. The highest BCUT2D eigenvalue weighted by Crippen LogP contribution is 2.17. The average molecular weight is 367 g/mol. The number of rotatable bonds is 4. The number of benzene rings is 2. The molecule has 110 valence electrons. The Balaban J connectivity index is 2.00. The first kappa shape index (κ1) is 16.1. The van der Waals surface area contributed by atoms with E-state index in [2.05, 4.69) is 21.2 Å². The summed E-state index contributed by atoms with van der Waals surface area (Å²) in [4.78, 5) is 12.2. The molecular weight excluding hydrogens is 350 g/mol. The van der Waals surface area contributed by atoms with Crippen LogP contribution in [-0.4, -0.2) is 11.9 Å². The molecule has 1 atom stereocenters. The minimum atomic E-state index is -0.0554. The molecule has 1 amide bonds. The minimum absolute atomic E-state index is 0.0416. The Morgan fingerprint density at radius 3 is 2.71 bits per heavy atom. The third-order valence-electron chi connectivity index (χ3n) is 3.23. The minimum Gasteiger partial charge on any atom is -0.349 e. The summed E-state index contributed by atoms with van der Waals surface area (Å²) in [6.45, 7) is 3.96. The average Bonchev–Trinajstić information content (AvgIpc) is 2.41. The van der Waals surface area contributed by atoms with E-state index in [1.54, 1.807) is 0 Å².